The number of nitrogens with one attached hydrogen (secondary N) is 1. The number of halogens is 1. The van der Waals surface area contributed by atoms with Crippen molar-refractivity contribution in [3.63, 3.8) is 0 Å². The molecule has 0 spiro atoms. The maximum absolute atomic E-state index is 13.0. The van der Waals surface area contributed by atoms with Gasteiger partial charge in [0, 0.05) is 23.1 Å². The third kappa shape index (κ3) is 4.26. The van der Waals surface area contributed by atoms with Crippen molar-refractivity contribution in [1.29, 1.82) is 0 Å². The van der Waals surface area contributed by atoms with Gasteiger partial charge in [-0.05, 0) is 62.2 Å². The number of aryl methyl sites for hydroxylation is 3. The Hall–Kier alpha value is -3.16. The number of nitrogens with zero attached hydrogens (tertiary/aromatic N) is 3. The fourth-order valence-electron chi connectivity index (χ4n) is 3.58. The van der Waals surface area contributed by atoms with Gasteiger partial charge in [-0.25, -0.2) is 4.68 Å². The number of likely N-dealkylation sites (N-methyl/N-ethyl adjacent to an activating group) is 1. The van der Waals surface area contributed by atoms with Crippen LogP contribution in [-0.4, -0.2) is 40.1 Å². The molecule has 2 amide bonds. The molecule has 4 aromatic rings. The Morgan fingerprint density at radius 2 is 1.75 bits per heavy atom. The zero-order valence-corrected chi connectivity index (χ0v) is 19.8. The highest BCUT2D eigenvalue weighted by molar-refractivity contribution is 7.20. The van der Waals surface area contributed by atoms with Crippen LogP contribution in [0.25, 0.3) is 15.9 Å². The summed E-state index contributed by atoms with van der Waals surface area (Å²) in [4.78, 5) is 28.5. The standard InChI is InChI=1S/C24H23ClN4O2S/c1-14-6-5-7-15(2)22(14)26-21(30)13-28(4)23(31)20-12-19-16(3)27-29(24(19)32-20)18-10-8-17(25)9-11-18/h5-12H,13H2,1-4H3,(H,26,30). The van der Waals surface area contributed by atoms with Crippen LogP contribution in [0.4, 0.5) is 5.69 Å². The first-order valence-electron chi connectivity index (χ1n) is 10.1. The van der Waals surface area contributed by atoms with E-state index in [1.165, 1.54) is 16.2 Å². The van der Waals surface area contributed by atoms with Crippen LogP contribution in [0, 0.1) is 20.8 Å². The first-order chi connectivity index (χ1) is 15.2. The lowest BCUT2D eigenvalue weighted by Gasteiger charge is -2.17. The number of amides is 2. The van der Waals surface area contributed by atoms with Crippen molar-refractivity contribution >= 4 is 50.7 Å². The molecule has 0 aliphatic rings. The maximum Gasteiger partial charge on any atom is 0.264 e. The van der Waals surface area contributed by atoms with E-state index < -0.39 is 0 Å². The van der Waals surface area contributed by atoms with E-state index in [1.54, 1.807) is 7.05 Å². The lowest BCUT2D eigenvalue weighted by Crippen LogP contribution is -2.34. The number of anilines is 1. The predicted molar refractivity (Wildman–Crippen MR) is 130 cm³/mol. The molecule has 0 aliphatic carbocycles. The first kappa shape index (κ1) is 22.0. The molecular formula is C24H23ClN4O2S. The lowest BCUT2D eigenvalue weighted by atomic mass is 10.1. The third-order valence-corrected chi connectivity index (χ3v) is 6.65. The summed E-state index contributed by atoms with van der Waals surface area (Å²) in [6.45, 7) is 5.77. The minimum Gasteiger partial charge on any atom is -0.332 e. The Morgan fingerprint density at radius 1 is 1.09 bits per heavy atom. The highest BCUT2D eigenvalue weighted by atomic mass is 35.5. The van der Waals surface area contributed by atoms with E-state index in [9.17, 15) is 9.59 Å². The molecule has 4 rings (SSSR count). The Bertz CT molecular complexity index is 1300. The van der Waals surface area contributed by atoms with Crippen LogP contribution in [0.2, 0.25) is 5.02 Å². The van der Waals surface area contributed by atoms with Crippen molar-refractivity contribution in [2.75, 3.05) is 18.9 Å². The number of hydrogen-bond donors (Lipinski definition) is 1. The average molecular weight is 467 g/mol. The van der Waals surface area contributed by atoms with Crippen LogP contribution >= 0.6 is 22.9 Å². The van der Waals surface area contributed by atoms with Crippen molar-refractivity contribution in [1.82, 2.24) is 14.7 Å². The van der Waals surface area contributed by atoms with Crippen LogP contribution in [0.5, 0.6) is 0 Å². The summed E-state index contributed by atoms with van der Waals surface area (Å²) in [5.41, 5.74) is 4.47. The molecular weight excluding hydrogens is 444 g/mol. The summed E-state index contributed by atoms with van der Waals surface area (Å²) in [5, 5.41) is 9.10. The van der Waals surface area contributed by atoms with E-state index >= 15 is 0 Å². The second kappa shape index (κ2) is 8.76. The number of hydrogen-bond acceptors (Lipinski definition) is 4. The van der Waals surface area contributed by atoms with Gasteiger partial charge in [-0.15, -0.1) is 11.3 Å². The van der Waals surface area contributed by atoms with E-state index in [4.69, 9.17) is 11.6 Å². The largest absolute Gasteiger partial charge is 0.332 e. The molecule has 0 fully saturated rings. The highest BCUT2D eigenvalue weighted by Crippen LogP contribution is 2.31. The predicted octanol–water partition coefficient (Wildman–Crippen LogP) is 5.38. The van der Waals surface area contributed by atoms with E-state index in [-0.39, 0.29) is 18.4 Å². The molecule has 0 bridgehead atoms. The van der Waals surface area contributed by atoms with E-state index in [0.29, 0.717) is 9.90 Å². The van der Waals surface area contributed by atoms with Crippen molar-refractivity contribution in [2.45, 2.75) is 20.8 Å². The molecule has 32 heavy (non-hydrogen) atoms. The monoisotopic (exact) mass is 466 g/mol. The molecule has 2 aromatic heterocycles. The topological polar surface area (TPSA) is 67.2 Å². The third-order valence-electron chi connectivity index (χ3n) is 5.30. The summed E-state index contributed by atoms with van der Waals surface area (Å²) in [5.74, 6) is -0.437. The second-order valence-electron chi connectivity index (χ2n) is 7.78. The Labute approximate surface area is 195 Å². The van der Waals surface area contributed by atoms with Gasteiger partial charge in [0.05, 0.1) is 22.8 Å². The molecule has 1 N–H and O–H groups in total. The molecule has 0 atom stereocenters. The number of benzene rings is 2. The molecule has 0 unspecified atom stereocenters. The van der Waals surface area contributed by atoms with Gasteiger partial charge in [0.15, 0.2) is 0 Å². The molecule has 0 saturated carbocycles. The smallest absolute Gasteiger partial charge is 0.264 e. The van der Waals surface area contributed by atoms with Crippen LogP contribution in [0.1, 0.15) is 26.5 Å². The molecule has 164 valence electrons. The van der Waals surface area contributed by atoms with Crippen molar-refractivity contribution in [3.8, 4) is 5.69 Å². The minimum absolute atomic E-state index is 0.0385. The van der Waals surface area contributed by atoms with Gasteiger partial charge < -0.3 is 10.2 Å². The number of carbonyl (C=O) groups excluding carboxylic acids is 2. The van der Waals surface area contributed by atoms with Gasteiger partial charge in [0.2, 0.25) is 5.91 Å². The SMILES string of the molecule is Cc1cccc(C)c1NC(=O)CN(C)C(=O)c1cc2c(C)nn(-c3ccc(Cl)cc3)c2s1. The molecule has 0 aliphatic heterocycles. The maximum atomic E-state index is 13.0. The number of aromatic nitrogens is 2. The number of para-hydroxylation sites is 1. The van der Waals surface area contributed by atoms with Crippen LogP contribution in [0.3, 0.4) is 0 Å². The first-order valence-corrected chi connectivity index (χ1v) is 11.3. The summed E-state index contributed by atoms with van der Waals surface area (Å²) < 4.78 is 1.82. The molecule has 0 saturated heterocycles. The van der Waals surface area contributed by atoms with Gasteiger partial charge in [-0.3, -0.25) is 9.59 Å². The van der Waals surface area contributed by atoms with Gasteiger partial charge in [-0.1, -0.05) is 29.8 Å². The zero-order valence-electron chi connectivity index (χ0n) is 18.3. The van der Waals surface area contributed by atoms with Crippen LogP contribution in [-0.2, 0) is 4.79 Å². The highest BCUT2D eigenvalue weighted by Gasteiger charge is 2.21. The summed E-state index contributed by atoms with van der Waals surface area (Å²) in [6.07, 6.45) is 0. The molecule has 0 radical (unpaired) electrons. The molecule has 8 heteroatoms. The van der Waals surface area contributed by atoms with E-state index in [2.05, 4.69) is 10.4 Å². The minimum atomic E-state index is -0.233. The summed E-state index contributed by atoms with van der Waals surface area (Å²) >= 11 is 7.36. The Kier molecular flexibility index (Phi) is 6.04. The van der Waals surface area contributed by atoms with Gasteiger partial charge >= 0.3 is 0 Å². The molecule has 2 aromatic carbocycles. The molecule has 2 heterocycles. The second-order valence-corrected chi connectivity index (χ2v) is 9.25. The van der Waals surface area contributed by atoms with Crippen LogP contribution < -0.4 is 5.32 Å². The normalized spacial score (nSPS) is 11.0. The fourth-order valence-corrected chi connectivity index (χ4v) is 4.88. The number of fused-ring (bicyclic) bond motifs is 1. The molecule has 6 nitrogen and oxygen atoms in total. The number of thiophene rings is 1. The van der Waals surface area contributed by atoms with Gasteiger partial charge in [-0.2, -0.15) is 5.10 Å². The number of rotatable bonds is 5. The Balaban J connectivity index is 1.54. The van der Waals surface area contributed by atoms with Crippen molar-refractivity contribution in [3.05, 3.63) is 75.3 Å². The zero-order chi connectivity index (χ0) is 23.0. The summed E-state index contributed by atoms with van der Waals surface area (Å²) in [7, 11) is 1.63. The van der Waals surface area contributed by atoms with Gasteiger partial charge in [0.25, 0.3) is 5.91 Å². The Morgan fingerprint density at radius 3 is 2.41 bits per heavy atom. The average Bonchev–Trinajstić information content (AvgIpc) is 3.31. The number of carbonyl (C=O) groups is 2. The van der Waals surface area contributed by atoms with E-state index in [1.807, 2.05) is 74.0 Å². The summed E-state index contributed by atoms with van der Waals surface area (Å²) in [6, 6.07) is 15.1. The van der Waals surface area contributed by atoms with E-state index in [0.717, 1.165) is 38.4 Å². The lowest BCUT2D eigenvalue weighted by molar-refractivity contribution is -0.116. The quantitative estimate of drug-likeness (QED) is 0.429. The van der Waals surface area contributed by atoms with Crippen molar-refractivity contribution in [2.24, 2.45) is 0 Å². The van der Waals surface area contributed by atoms with Gasteiger partial charge in [0.1, 0.15) is 4.83 Å². The fraction of sp³-hybridized carbons (Fsp3) is 0.208. The van der Waals surface area contributed by atoms with Crippen molar-refractivity contribution < 1.29 is 9.59 Å². The van der Waals surface area contributed by atoms with Crippen LogP contribution in [0.15, 0.2) is 48.5 Å².